The Morgan fingerprint density at radius 1 is 0.682 bits per heavy atom. The number of rotatable bonds is 9. The van der Waals surface area contributed by atoms with Gasteiger partial charge < -0.3 is 9.47 Å². The molecular formula is C30H29NaO10S3. The fourth-order valence-electron chi connectivity index (χ4n) is 5.40. The van der Waals surface area contributed by atoms with E-state index in [1.165, 1.54) is 78.9 Å². The van der Waals surface area contributed by atoms with E-state index in [9.17, 15) is 34.8 Å². The number of hydrogen-bond acceptors (Lipinski definition) is 10. The van der Waals surface area contributed by atoms with Gasteiger partial charge in [0.15, 0.2) is 9.84 Å². The molecule has 3 aromatic rings. The molecule has 1 aliphatic rings. The summed E-state index contributed by atoms with van der Waals surface area (Å²) in [6, 6.07) is 20.6. The maximum absolute atomic E-state index is 14.7. The van der Waals surface area contributed by atoms with Crippen molar-refractivity contribution in [3.8, 4) is 0 Å². The molecule has 44 heavy (non-hydrogen) atoms. The van der Waals surface area contributed by atoms with Crippen LogP contribution in [0.25, 0.3) is 0 Å². The molecule has 3 aromatic carbocycles. The van der Waals surface area contributed by atoms with Gasteiger partial charge in [-0.15, -0.1) is 12.8 Å². The van der Waals surface area contributed by atoms with Crippen molar-refractivity contribution in [1.29, 1.82) is 0 Å². The zero-order valence-corrected chi connectivity index (χ0v) is 28.7. The zero-order chi connectivity index (χ0) is 31.7. The third kappa shape index (κ3) is 5.93. The van der Waals surface area contributed by atoms with Crippen LogP contribution in [0.4, 0.5) is 0 Å². The maximum atomic E-state index is 14.7. The van der Waals surface area contributed by atoms with Crippen LogP contribution in [0, 0.1) is 10.7 Å². The first-order valence-electron chi connectivity index (χ1n) is 12.8. The molecule has 0 bridgehead atoms. The summed E-state index contributed by atoms with van der Waals surface area (Å²) in [4.78, 5) is 25.1. The standard InChI is InChI=1S/C30H29O10S3.Na/c1-22(41(33,34)23-13-7-4-8-14-23)30(43(37,38)25-17-11-6-12-18-25)20-26(42(35,36)24-15-9-5-10-16-24)19-29(21-30,27(31)39-2)28(32)40-3;/h4-18H,1,19-21H2,2-3H3;/q-1;+1. The Balaban J connectivity index is 0.00000529. The van der Waals surface area contributed by atoms with Crippen LogP contribution in [0.15, 0.2) is 117 Å². The Kier molecular flexibility index (Phi) is 10.8. The Hall–Kier alpha value is -2.81. The van der Waals surface area contributed by atoms with Crippen molar-refractivity contribution in [2.75, 3.05) is 14.2 Å². The number of carbonyl (C=O) groups excluding carboxylic acids is 2. The van der Waals surface area contributed by atoms with Gasteiger partial charge in [-0.25, -0.2) is 16.8 Å². The second-order valence-electron chi connectivity index (χ2n) is 10.0. The van der Waals surface area contributed by atoms with Crippen molar-refractivity contribution in [2.45, 2.75) is 38.7 Å². The van der Waals surface area contributed by atoms with Gasteiger partial charge in [0.2, 0.25) is 9.84 Å². The third-order valence-electron chi connectivity index (χ3n) is 7.61. The van der Waals surface area contributed by atoms with Crippen molar-refractivity contribution in [1.82, 2.24) is 0 Å². The van der Waals surface area contributed by atoms with Gasteiger partial charge >= 0.3 is 41.5 Å². The van der Waals surface area contributed by atoms with Crippen LogP contribution in [0.1, 0.15) is 19.3 Å². The normalized spacial score (nSPS) is 18.8. The Bertz CT molecular complexity index is 1840. The summed E-state index contributed by atoms with van der Waals surface area (Å²) in [5.74, 6) is -2.59. The first-order chi connectivity index (χ1) is 20.2. The van der Waals surface area contributed by atoms with Crippen molar-refractivity contribution in [3.05, 3.63) is 108 Å². The van der Waals surface area contributed by atoms with Gasteiger partial charge in [-0.2, -0.15) is 5.25 Å². The van der Waals surface area contributed by atoms with Crippen LogP contribution in [0.3, 0.4) is 0 Å². The predicted octanol–water partition coefficient (Wildman–Crippen LogP) is 0.713. The number of benzene rings is 3. The summed E-state index contributed by atoms with van der Waals surface area (Å²) < 4.78 is 92.8. The summed E-state index contributed by atoms with van der Waals surface area (Å²) in [7, 11) is -12.3. The molecule has 0 saturated heterocycles. The Morgan fingerprint density at radius 3 is 1.52 bits per heavy atom. The molecule has 10 nitrogen and oxygen atoms in total. The fourth-order valence-corrected chi connectivity index (χ4v) is 11.4. The number of hydrogen-bond donors (Lipinski definition) is 0. The minimum absolute atomic E-state index is 0. The smallest absolute Gasteiger partial charge is 0.468 e. The van der Waals surface area contributed by atoms with Crippen LogP contribution < -0.4 is 29.6 Å². The number of esters is 2. The molecule has 0 N–H and O–H groups in total. The van der Waals surface area contributed by atoms with Gasteiger partial charge in [0.1, 0.15) is 5.41 Å². The van der Waals surface area contributed by atoms with Crippen molar-refractivity contribution in [3.63, 3.8) is 0 Å². The molecule has 0 heterocycles. The summed E-state index contributed by atoms with van der Waals surface area (Å²) >= 11 is 0. The van der Waals surface area contributed by atoms with Gasteiger partial charge in [-0.05, 0) is 42.8 Å². The average molecular weight is 669 g/mol. The molecule has 4 rings (SSSR count). The largest absolute Gasteiger partial charge is 1.00 e. The van der Waals surface area contributed by atoms with Crippen LogP contribution in [0.2, 0.25) is 0 Å². The summed E-state index contributed by atoms with van der Waals surface area (Å²) in [5, 5.41) is -0.579. The SMILES string of the molecule is C=C(C1(S(=O)(=O)c2ccccc2)C[C-](S(=O)(=O)c2ccccc2)CC(C(=O)OC)(C(=O)OC)C1)S(=O)(=O)c1ccccc1.[Na+]. The van der Waals surface area contributed by atoms with Crippen molar-refractivity contribution in [2.24, 2.45) is 5.41 Å². The van der Waals surface area contributed by atoms with Crippen molar-refractivity contribution < 1.29 is 73.9 Å². The van der Waals surface area contributed by atoms with Gasteiger partial charge in [0, 0.05) is 4.90 Å². The Morgan fingerprint density at radius 2 is 1.09 bits per heavy atom. The summed E-state index contributed by atoms with van der Waals surface area (Å²) in [6.45, 7) is 3.74. The minimum atomic E-state index is -4.92. The minimum Gasteiger partial charge on any atom is -0.468 e. The summed E-state index contributed by atoms with van der Waals surface area (Å²) in [6.07, 6.45) is -2.74. The van der Waals surface area contributed by atoms with E-state index in [4.69, 9.17) is 9.47 Å². The van der Waals surface area contributed by atoms with E-state index in [1.807, 2.05) is 0 Å². The van der Waals surface area contributed by atoms with Crippen LogP contribution in [-0.4, -0.2) is 56.2 Å². The second-order valence-corrected chi connectivity index (χ2v) is 16.3. The molecule has 0 amide bonds. The maximum Gasteiger partial charge on any atom is 1.00 e. The molecule has 1 unspecified atom stereocenters. The quantitative estimate of drug-likeness (QED) is 0.138. The topological polar surface area (TPSA) is 155 Å². The Labute approximate surface area is 279 Å². The van der Waals surface area contributed by atoms with Gasteiger partial charge in [0.25, 0.3) is 0 Å². The monoisotopic (exact) mass is 668 g/mol. The van der Waals surface area contributed by atoms with Crippen LogP contribution >= 0.6 is 0 Å². The van der Waals surface area contributed by atoms with Gasteiger partial charge in [-0.3, -0.25) is 18.0 Å². The van der Waals surface area contributed by atoms with Crippen molar-refractivity contribution >= 4 is 41.5 Å². The first-order valence-corrected chi connectivity index (χ1v) is 17.3. The fraction of sp³-hybridized carbons (Fsp3) is 0.233. The molecule has 0 spiro atoms. The number of sulfone groups is 3. The van der Waals surface area contributed by atoms with E-state index < -0.39 is 81.0 Å². The van der Waals surface area contributed by atoms with E-state index in [0.717, 1.165) is 14.2 Å². The molecule has 1 saturated carbocycles. The van der Waals surface area contributed by atoms with Crippen LogP contribution in [0.5, 0.6) is 0 Å². The first kappa shape index (κ1) is 35.7. The van der Waals surface area contributed by atoms with Gasteiger partial charge in [0.05, 0.1) is 43.5 Å². The molecule has 0 radical (unpaired) electrons. The number of methoxy groups -OCH3 is 2. The molecule has 1 aliphatic carbocycles. The molecular weight excluding hydrogens is 640 g/mol. The van der Waals surface area contributed by atoms with E-state index in [0.29, 0.717) is 0 Å². The zero-order valence-electron chi connectivity index (χ0n) is 24.3. The second kappa shape index (κ2) is 13.3. The van der Waals surface area contributed by atoms with E-state index in [1.54, 1.807) is 12.1 Å². The molecule has 0 aliphatic heterocycles. The molecule has 14 heteroatoms. The summed E-state index contributed by atoms with van der Waals surface area (Å²) in [5.41, 5.74) is -2.57. The number of ether oxygens (including phenoxy) is 2. The molecule has 1 atom stereocenters. The van der Waals surface area contributed by atoms with E-state index in [-0.39, 0.29) is 44.2 Å². The van der Waals surface area contributed by atoms with Gasteiger partial charge in [-0.1, -0.05) is 61.2 Å². The third-order valence-corrected chi connectivity index (χ3v) is 14.1. The molecule has 1 fully saturated rings. The number of carbonyl (C=O) groups is 2. The van der Waals surface area contributed by atoms with E-state index >= 15 is 0 Å². The molecule has 0 aromatic heterocycles. The predicted molar refractivity (Wildman–Crippen MR) is 156 cm³/mol. The average Bonchev–Trinajstić information content (AvgIpc) is 3.04. The van der Waals surface area contributed by atoms with E-state index in [2.05, 4.69) is 6.58 Å². The molecule has 228 valence electrons. The van der Waals surface area contributed by atoms with Crippen LogP contribution in [-0.2, 0) is 48.6 Å².